The second-order valence-electron chi connectivity index (χ2n) is 7.64. The predicted molar refractivity (Wildman–Crippen MR) is 103 cm³/mol. The van der Waals surface area contributed by atoms with Crippen LogP contribution in [0.25, 0.3) is 0 Å². The molecule has 11 heteroatoms. The van der Waals surface area contributed by atoms with Crippen molar-refractivity contribution in [2.75, 3.05) is 6.54 Å². The van der Waals surface area contributed by atoms with Gasteiger partial charge >= 0.3 is 5.97 Å². The van der Waals surface area contributed by atoms with Gasteiger partial charge in [0, 0.05) is 0 Å². The molecule has 164 valence electrons. The molecular weight excluding hydrogens is 382 g/mol. The lowest BCUT2D eigenvalue weighted by molar-refractivity contribution is -0.143. The van der Waals surface area contributed by atoms with Gasteiger partial charge in [-0.05, 0) is 38.6 Å². The first kappa shape index (κ1) is 24.3. The summed E-state index contributed by atoms with van der Waals surface area (Å²) in [6, 6.07) is -3.74. The van der Waals surface area contributed by atoms with Crippen molar-refractivity contribution in [2.24, 2.45) is 11.7 Å². The van der Waals surface area contributed by atoms with Crippen LogP contribution in [0.3, 0.4) is 0 Å². The van der Waals surface area contributed by atoms with Crippen molar-refractivity contribution in [3.05, 3.63) is 0 Å². The zero-order valence-corrected chi connectivity index (χ0v) is 17.0. The van der Waals surface area contributed by atoms with Crippen molar-refractivity contribution < 1.29 is 29.1 Å². The largest absolute Gasteiger partial charge is 0.480 e. The third-order valence-electron chi connectivity index (χ3n) is 4.49. The van der Waals surface area contributed by atoms with E-state index in [2.05, 4.69) is 21.3 Å². The van der Waals surface area contributed by atoms with Gasteiger partial charge in [-0.1, -0.05) is 13.8 Å². The molecule has 1 saturated heterocycles. The molecule has 0 aromatic heterocycles. The van der Waals surface area contributed by atoms with E-state index in [0.717, 1.165) is 13.0 Å². The molecule has 0 bridgehead atoms. The Morgan fingerprint density at radius 1 is 1.03 bits per heavy atom. The van der Waals surface area contributed by atoms with E-state index in [1.807, 2.05) is 13.8 Å². The number of hydrogen-bond donors (Lipinski definition) is 6. The molecule has 1 fully saturated rings. The second kappa shape index (κ2) is 11.3. The van der Waals surface area contributed by atoms with Gasteiger partial charge in [0.05, 0.1) is 12.5 Å². The topological polar surface area (TPSA) is 180 Å². The number of carbonyl (C=O) groups is 5. The van der Waals surface area contributed by atoms with Crippen molar-refractivity contribution in [1.82, 2.24) is 21.3 Å². The maximum Gasteiger partial charge on any atom is 0.326 e. The number of aliphatic carboxylic acids is 1. The molecule has 1 heterocycles. The highest BCUT2D eigenvalue weighted by Gasteiger charge is 2.30. The first-order chi connectivity index (χ1) is 13.5. The second-order valence-corrected chi connectivity index (χ2v) is 7.64. The first-order valence-electron chi connectivity index (χ1n) is 9.66. The summed E-state index contributed by atoms with van der Waals surface area (Å²) in [5.41, 5.74) is 4.98. The minimum absolute atomic E-state index is 0.110. The molecule has 4 amide bonds. The van der Waals surface area contributed by atoms with Crippen LogP contribution in [0.5, 0.6) is 0 Å². The highest BCUT2D eigenvalue weighted by Crippen LogP contribution is 2.09. The molecule has 0 aliphatic carbocycles. The van der Waals surface area contributed by atoms with Crippen LogP contribution in [0.15, 0.2) is 0 Å². The number of nitrogens with two attached hydrogens (primary N) is 1. The minimum atomic E-state index is -1.49. The van der Waals surface area contributed by atoms with Crippen LogP contribution >= 0.6 is 0 Å². The molecule has 0 aromatic carbocycles. The number of nitrogens with one attached hydrogen (secondary N) is 4. The van der Waals surface area contributed by atoms with Gasteiger partial charge in [-0.2, -0.15) is 0 Å². The Balaban J connectivity index is 2.70. The molecule has 0 saturated carbocycles. The van der Waals surface area contributed by atoms with Crippen LogP contribution in [0.2, 0.25) is 0 Å². The minimum Gasteiger partial charge on any atom is -0.480 e. The summed E-state index contributed by atoms with van der Waals surface area (Å²) in [6.07, 6.45) is 1.38. The standard InChI is InChI=1S/C18H31N5O6/c1-9(2)7-12(22-16(26)11-5-4-6-20-11)17(27)21-10(3)15(25)23-13(18(28)29)8-14(19)24/h9-13,20H,4-8H2,1-3H3,(H2,19,24)(H,21,27)(H,22,26)(H,23,25)(H,28,29). The summed E-state index contributed by atoms with van der Waals surface area (Å²) in [6.45, 7) is 5.92. The van der Waals surface area contributed by atoms with Gasteiger partial charge in [-0.15, -0.1) is 0 Å². The SMILES string of the molecule is CC(C)CC(NC(=O)C1CCCN1)C(=O)NC(C)C(=O)NC(CC(N)=O)C(=O)O. The number of rotatable bonds is 11. The van der Waals surface area contributed by atoms with E-state index in [1.54, 1.807) is 0 Å². The zero-order chi connectivity index (χ0) is 22.1. The first-order valence-corrected chi connectivity index (χ1v) is 9.66. The summed E-state index contributed by atoms with van der Waals surface area (Å²) in [5.74, 6) is -3.78. The van der Waals surface area contributed by atoms with E-state index >= 15 is 0 Å². The third-order valence-corrected chi connectivity index (χ3v) is 4.49. The number of carbonyl (C=O) groups excluding carboxylic acids is 4. The van der Waals surface area contributed by atoms with Gasteiger partial charge in [0.25, 0.3) is 0 Å². The van der Waals surface area contributed by atoms with E-state index in [4.69, 9.17) is 10.8 Å². The molecule has 7 N–H and O–H groups in total. The molecule has 1 aliphatic rings. The quantitative estimate of drug-likeness (QED) is 0.231. The highest BCUT2D eigenvalue weighted by atomic mass is 16.4. The fraction of sp³-hybridized carbons (Fsp3) is 0.722. The molecule has 4 atom stereocenters. The summed E-state index contributed by atoms with van der Waals surface area (Å²) in [5, 5.41) is 19.5. The Hall–Kier alpha value is -2.69. The Labute approximate surface area is 169 Å². The van der Waals surface area contributed by atoms with Crippen LogP contribution in [0.4, 0.5) is 0 Å². The maximum atomic E-state index is 12.6. The van der Waals surface area contributed by atoms with Crippen LogP contribution in [0, 0.1) is 5.92 Å². The van der Waals surface area contributed by atoms with Crippen molar-refractivity contribution in [3.8, 4) is 0 Å². The van der Waals surface area contributed by atoms with Crippen molar-refractivity contribution in [3.63, 3.8) is 0 Å². The van der Waals surface area contributed by atoms with Gasteiger partial charge in [0.1, 0.15) is 18.1 Å². The Kier molecular flexibility index (Phi) is 9.53. The third kappa shape index (κ3) is 8.46. The lowest BCUT2D eigenvalue weighted by atomic mass is 10.0. The number of hydrogen-bond acceptors (Lipinski definition) is 6. The zero-order valence-electron chi connectivity index (χ0n) is 17.0. The molecular formula is C18H31N5O6. The fourth-order valence-electron chi connectivity index (χ4n) is 2.96. The smallest absolute Gasteiger partial charge is 0.326 e. The Morgan fingerprint density at radius 3 is 2.17 bits per heavy atom. The molecule has 4 unspecified atom stereocenters. The fourth-order valence-corrected chi connectivity index (χ4v) is 2.96. The number of carboxylic acids is 1. The number of carboxylic acid groups (broad SMARTS) is 1. The van der Waals surface area contributed by atoms with Gasteiger partial charge < -0.3 is 32.1 Å². The molecule has 11 nitrogen and oxygen atoms in total. The van der Waals surface area contributed by atoms with Crippen molar-refractivity contribution in [1.29, 1.82) is 0 Å². The molecule has 0 aromatic rings. The molecule has 0 spiro atoms. The summed E-state index contributed by atoms with van der Waals surface area (Å²) in [4.78, 5) is 59.2. The van der Waals surface area contributed by atoms with E-state index in [9.17, 15) is 24.0 Å². The van der Waals surface area contributed by atoms with E-state index < -0.39 is 48.2 Å². The molecule has 1 rings (SSSR count). The van der Waals surface area contributed by atoms with Crippen molar-refractivity contribution >= 4 is 29.6 Å². The Morgan fingerprint density at radius 2 is 1.69 bits per heavy atom. The van der Waals surface area contributed by atoms with Crippen LogP contribution < -0.4 is 27.0 Å². The molecule has 0 radical (unpaired) electrons. The van der Waals surface area contributed by atoms with Gasteiger partial charge in [0.15, 0.2) is 0 Å². The number of primary amides is 1. The van der Waals surface area contributed by atoms with Crippen LogP contribution in [0.1, 0.15) is 46.5 Å². The van der Waals surface area contributed by atoms with Crippen LogP contribution in [-0.2, 0) is 24.0 Å². The maximum absolute atomic E-state index is 12.6. The number of amides is 4. The van der Waals surface area contributed by atoms with E-state index in [0.29, 0.717) is 12.8 Å². The molecule has 29 heavy (non-hydrogen) atoms. The average molecular weight is 413 g/mol. The molecule has 1 aliphatic heterocycles. The van der Waals surface area contributed by atoms with Gasteiger partial charge in [-0.25, -0.2) is 4.79 Å². The summed E-state index contributed by atoms with van der Waals surface area (Å²) in [7, 11) is 0. The van der Waals surface area contributed by atoms with Crippen LogP contribution in [-0.4, -0.2) is 65.4 Å². The lowest BCUT2D eigenvalue weighted by Gasteiger charge is -2.24. The predicted octanol–water partition coefficient (Wildman–Crippen LogP) is -1.78. The Bertz CT molecular complexity index is 632. The summed E-state index contributed by atoms with van der Waals surface area (Å²) < 4.78 is 0. The lowest BCUT2D eigenvalue weighted by Crippen LogP contribution is -2.56. The van der Waals surface area contributed by atoms with Gasteiger partial charge in [0.2, 0.25) is 23.6 Å². The van der Waals surface area contributed by atoms with E-state index in [1.165, 1.54) is 6.92 Å². The average Bonchev–Trinajstić information content (AvgIpc) is 3.14. The monoisotopic (exact) mass is 413 g/mol. The van der Waals surface area contributed by atoms with E-state index in [-0.39, 0.29) is 17.9 Å². The highest BCUT2D eigenvalue weighted by molar-refractivity contribution is 5.94. The van der Waals surface area contributed by atoms with Gasteiger partial charge in [-0.3, -0.25) is 19.2 Å². The normalized spacial score (nSPS) is 19.1. The summed E-state index contributed by atoms with van der Waals surface area (Å²) >= 11 is 0. The van der Waals surface area contributed by atoms with Crippen molar-refractivity contribution in [2.45, 2.75) is 70.6 Å².